The van der Waals surface area contributed by atoms with E-state index in [9.17, 15) is 19.2 Å². The number of thiophene rings is 1. The molecule has 0 atom stereocenters. The Morgan fingerprint density at radius 1 is 1.16 bits per heavy atom. The number of anilines is 1. The second-order valence-electron chi connectivity index (χ2n) is 5.40. The van der Waals surface area contributed by atoms with Crippen LogP contribution in [0.4, 0.5) is 5.00 Å². The van der Waals surface area contributed by atoms with Gasteiger partial charge in [0.25, 0.3) is 11.8 Å². The molecule has 128 valence electrons. The maximum atomic E-state index is 12.2. The molecule has 0 bridgehead atoms. The quantitative estimate of drug-likeness (QED) is 0.667. The average molecular weight is 358 g/mol. The van der Waals surface area contributed by atoms with Crippen molar-refractivity contribution in [3.8, 4) is 0 Å². The summed E-state index contributed by atoms with van der Waals surface area (Å²) in [6.45, 7) is 1.33. The van der Waals surface area contributed by atoms with Crippen LogP contribution in [0.3, 0.4) is 0 Å². The summed E-state index contributed by atoms with van der Waals surface area (Å²) in [5, 5.41) is 3.05. The third-order valence-corrected chi connectivity index (χ3v) is 4.86. The lowest BCUT2D eigenvalue weighted by atomic mass is 10.1. The number of nitrogens with one attached hydrogen (secondary N) is 1. The number of esters is 1. The monoisotopic (exact) mass is 358 g/mol. The van der Waals surface area contributed by atoms with Gasteiger partial charge in [0.15, 0.2) is 0 Å². The van der Waals surface area contributed by atoms with E-state index in [4.69, 9.17) is 0 Å². The molecule has 1 aromatic heterocycles. The fourth-order valence-electron chi connectivity index (χ4n) is 2.54. The molecule has 1 N–H and O–H groups in total. The van der Waals surface area contributed by atoms with E-state index in [1.807, 2.05) is 0 Å². The number of amides is 3. The van der Waals surface area contributed by atoms with E-state index < -0.39 is 30.2 Å². The minimum Gasteiger partial charge on any atom is -0.465 e. The van der Waals surface area contributed by atoms with Gasteiger partial charge in [0.1, 0.15) is 11.4 Å². The number of hydrogen-bond acceptors (Lipinski definition) is 6. The van der Waals surface area contributed by atoms with E-state index >= 15 is 0 Å². The van der Waals surface area contributed by atoms with E-state index in [0.717, 1.165) is 16.2 Å². The van der Waals surface area contributed by atoms with E-state index in [1.54, 1.807) is 37.3 Å². The number of nitrogens with zero attached hydrogens (tertiary/aromatic N) is 1. The van der Waals surface area contributed by atoms with Gasteiger partial charge in [-0.05, 0) is 30.7 Å². The number of aryl methyl sites for hydroxylation is 1. The molecular weight excluding hydrogens is 344 g/mol. The minimum atomic E-state index is -0.521. The van der Waals surface area contributed by atoms with Crippen LogP contribution in [0.15, 0.2) is 30.3 Å². The summed E-state index contributed by atoms with van der Waals surface area (Å²) in [6.07, 6.45) is 0. The first-order chi connectivity index (χ1) is 11.9. The summed E-state index contributed by atoms with van der Waals surface area (Å²) in [6, 6.07) is 8.07. The highest BCUT2D eigenvalue weighted by atomic mass is 32.1. The van der Waals surface area contributed by atoms with Gasteiger partial charge >= 0.3 is 5.97 Å². The van der Waals surface area contributed by atoms with Gasteiger partial charge in [0, 0.05) is 0 Å². The molecule has 8 heteroatoms. The van der Waals surface area contributed by atoms with Crippen LogP contribution in [-0.2, 0) is 9.53 Å². The predicted molar refractivity (Wildman–Crippen MR) is 90.8 cm³/mol. The molecular formula is C17H14N2O5S. The Labute approximate surface area is 147 Å². The average Bonchev–Trinajstić information content (AvgIpc) is 3.07. The van der Waals surface area contributed by atoms with Gasteiger partial charge in [-0.2, -0.15) is 0 Å². The summed E-state index contributed by atoms with van der Waals surface area (Å²) in [4.78, 5) is 49.6. The zero-order valence-electron chi connectivity index (χ0n) is 13.5. The van der Waals surface area contributed by atoms with Crippen LogP contribution in [0.1, 0.15) is 36.0 Å². The van der Waals surface area contributed by atoms with E-state index in [2.05, 4.69) is 10.1 Å². The number of hydrogen-bond donors (Lipinski definition) is 1. The van der Waals surface area contributed by atoms with Crippen LogP contribution in [-0.4, -0.2) is 42.2 Å². The molecule has 1 aromatic carbocycles. The fourth-order valence-corrected chi connectivity index (χ4v) is 3.55. The van der Waals surface area contributed by atoms with Gasteiger partial charge < -0.3 is 10.1 Å². The highest BCUT2D eigenvalue weighted by Crippen LogP contribution is 2.27. The van der Waals surface area contributed by atoms with Crippen molar-refractivity contribution in [2.75, 3.05) is 19.0 Å². The number of carbonyl (C=O) groups excluding carboxylic acids is 4. The van der Waals surface area contributed by atoms with Crippen molar-refractivity contribution in [3.05, 3.63) is 51.9 Å². The molecule has 25 heavy (non-hydrogen) atoms. The topological polar surface area (TPSA) is 92.8 Å². The fraction of sp³-hybridized carbons (Fsp3) is 0.176. The molecule has 3 amide bonds. The SMILES string of the molecule is COC(=O)c1sc(NC(=O)CN2C(=O)c3ccccc3C2=O)cc1C. The molecule has 0 saturated carbocycles. The molecule has 7 nitrogen and oxygen atoms in total. The Bertz CT molecular complexity index is 867. The number of imide groups is 1. The van der Waals surface area contributed by atoms with Gasteiger partial charge in [-0.1, -0.05) is 12.1 Å². The molecule has 0 unspecified atom stereocenters. The molecule has 0 radical (unpaired) electrons. The number of carbonyl (C=O) groups is 4. The van der Waals surface area contributed by atoms with Crippen molar-refractivity contribution in [3.63, 3.8) is 0 Å². The molecule has 1 aliphatic heterocycles. The highest BCUT2D eigenvalue weighted by Gasteiger charge is 2.36. The lowest BCUT2D eigenvalue weighted by molar-refractivity contribution is -0.116. The Hall–Kier alpha value is -3.00. The van der Waals surface area contributed by atoms with Crippen molar-refractivity contribution >= 4 is 40.0 Å². The second kappa shape index (κ2) is 6.48. The van der Waals surface area contributed by atoms with Gasteiger partial charge in [-0.25, -0.2) is 4.79 Å². The minimum absolute atomic E-state index is 0.292. The van der Waals surface area contributed by atoms with Crippen LogP contribution >= 0.6 is 11.3 Å². The third kappa shape index (κ3) is 3.03. The Morgan fingerprint density at radius 3 is 2.32 bits per heavy atom. The van der Waals surface area contributed by atoms with Gasteiger partial charge in [0.2, 0.25) is 5.91 Å². The summed E-state index contributed by atoms with van der Waals surface area (Å²) >= 11 is 1.07. The van der Waals surface area contributed by atoms with Gasteiger partial charge in [0.05, 0.1) is 23.2 Å². The van der Waals surface area contributed by atoms with Crippen molar-refractivity contribution in [1.82, 2.24) is 4.90 Å². The maximum absolute atomic E-state index is 12.2. The first-order valence-electron chi connectivity index (χ1n) is 7.36. The first kappa shape index (κ1) is 16.8. The summed E-state index contributed by atoms with van der Waals surface area (Å²) < 4.78 is 4.67. The molecule has 0 aliphatic carbocycles. The number of fused-ring (bicyclic) bond motifs is 1. The third-order valence-electron chi connectivity index (χ3n) is 3.73. The predicted octanol–water partition coefficient (Wildman–Crippen LogP) is 2.08. The molecule has 0 saturated heterocycles. The van der Waals surface area contributed by atoms with Crippen LogP contribution in [0.25, 0.3) is 0 Å². The van der Waals surface area contributed by atoms with Gasteiger partial charge in [-0.3, -0.25) is 19.3 Å². The van der Waals surface area contributed by atoms with E-state index in [1.165, 1.54) is 7.11 Å². The summed E-state index contributed by atoms with van der Waals surface area (Å²) in [5.74, 6) is -1.99. The van der Waals surface area contributed by atoms with Crippen molar-refractivity contribution < 1.29 is 23.9 Å². The molecule has 2 aromatic rings. The number of methoxy groups -OCH3 is 1. The summed E-state index contributed by atoms with van der Waals surface area (Å²) in [5.41, 5.74) is 1.26. The van der Waals surface area contributed by atoms with Crippen molar-refractivity contribution in [2.24, 2.45) is 0 Å². The zero-order chi connectivity index (χ0) is 18.1. The molecule has 0 fully saturated rings. The maximum Gasteiger partial charge on any atom is 0.348 e. The second-order valence-corrected chi connectivity index (χ2v) is 6.46. The number of rotatable bonds is 4. The first-order valence-corrected chi connectivity index (χ1v) is 8.18. The van der Waals surface area contributed by atoms with Crippen LogP contribution in [0.5, 0.6) is 0 Å². The normalized spacial score (nSPS) is 13.0. The molecule has 1 aliphatic rings. The smallest absolute Gasteiger partial charge is 0.348 e. The lowest BCUT2D eigenvalue weighted by Crippen LogP contribution is -2.37. The van der Waals surface area contributed by atoms with Crippen molar-refractivity contribution in [1.29, 1.82) is 0 Å². The largest absolute Gasteiger partial charge is 0.465 e. The Balaban J connectivity index is 1.71. The van der Waals surface area contributed by atoms with E-state index in [0.29, 0.717) is 26.6 Å². The Morgan fingerprint density at radius 2 is 1.76 bits per heavy atom. The molecule has 0 spiro atoms. The van der Waals surface area contributed by atoms with Crippen LogP contribution < -0.4 is 5.32 Å². The number of ether oxygens (including phenoxy) is 1. The van der Waals surface area contributed by atoms with Crippen LogP contribution in [0.2, 0.25) is 0 Å². The summed E-state index contributed by atoms with van der Waals surface area (Å²) in [7, 11) is 1.28. The Kier molecular flexibility index (Phi) is 4.37. The molecule has 3 rings (SSSR count). The van der Waals surface area contributed by atoms with Crippen LogP contribution in [0, 0.1) is 6.92 Å². The lowest BCUT2D eigenvalue weighted by Gasteiger charge is -2.12. The zero-order valence-corrected chi connectivity index (χ0v) is 14.3. The highest BCUT2D eigenvalue weighted by molar-refractivity contribution is 7.18. The molecule has 2 heterocycles. The van der Waals surface area contributed by atoms with Crippen molar-refractivity contribution in [2.45, 2.75) is 6.92 Å². The van der Waals surface area contributed by atoms with E-state index in [-0.39, 0.29) is 0 Å². The van der Waals surface area contributed by atoms with Gasteiger partial charge in [-0.15, -0.1) is 11.3 Å². The number of benzene rings is 1. The standard InChI is InChI=1S/C17H14N2O5S/c1-9-7-13(25-14(9)17(23)24-2)18-12(20)8-19-15(21)10-5-3-4-6-11(10)16(19)22/h3-7H,8H2,1-2H3,(H,18,20).